The first-order valence-electron chi connectivity index (χ1n) is 9.06. The van der Waals surface area contributed by atoms with E-state index < -0.39 is 0 Å². The summed E-state index contributed by atoms with van der Waals surface area (Å²) in [7, 11) is 0. The number of anilines is 2. The van der Waals surface area contributed by atoms with Crippen molar-refractivity contribution >= 4 is 36.9 Å². The lowest BCUT2D eigenvalue weighted by molar-refractivity contribution is 0.609. The minimum Gasteiger partial charge on any atom is -0.740 e. The van der Waals surface area contributed by atoms with Crippen LogP contribution in [0.3, 0.4) is 0 Å². The fraction of sp³-hybridized carbons (Fsp3) is 0.556. The van der Waals surface area contributed by atoms with Gasteiger partial charge in [-0.3, -0.25) is 9.97 Å². The van der Waals surface area contributed by atoms with Crippen molar-refractivity contribution in [2.45, 2.75) is 62.7 Å². The number of nitrogens with zero attached hydrogens (tertiary/aromatic N) is 4. The van der Waals surface area contributed by atoms with Gasteiger partial charge in [0.05, 0.1) is 0 Å². The highest BCUT2D eigenvalue weighted by Gasteiger charge is 1.97. The van der Waals surface area contributed by atoms with Crippen LogP contribution < -0.4 is 10.6 Å². The Morgan fingerprint density at radius 1 is 0.654 bits per heavy atom. The number of rotatable bonds is 11. The van der Waals surface area contributed by atoms with Crippen molar-refractivity contribution in [3.63, 3.8) is 0 Å². The second-order valence-corrected chi connectivity index (χ2v) is 7.06. The lowest BCUT2D eigenvalue weighted by Gasteiger charge is -2.11. The zero-order valence-electron chi connectivity index (χ0n) is 15.4. The SMILES string of the molecule is Cc1cc(NCCCCCCCCNc2cc(C)nc([S-])n2)nc([S-])n1. The normalized spacial score (nSPS) is 10.7. The molecule has 0 atom stereocenters. The average Bonchev–Trinajstić information content (AvgIpc) is 2.55. The molecule has 2 aromatic heterocycles. The van der Waals surface area contributed by atoms with Gasteiger partial charge in [0.1, 0.15) is 11.6 Å². The smallest absolute Gasteiger partial charge is 0.127 e. The van der Waals surface area contributed by atoms with Crippen LogP contribution in [0.25, 0.3) is 0 Å². The molecule has 8 heteroatoms. The van der Waals surface area contributed by atoms with Crippen LogP contribution in [0.1, 0.15) is 49.9 Å². The van der Waals surface area contributed by atoms with Gasteiger partial charge in [0.15, 0.2) is 0 Å². The van der Waals surface area contributed by atoms with Gasteiger partial charge in [0.25, 0.3) is 0 Å². The quantitative estimate of drug-likeness (QED) is 0.343. The van der Waals surface area contributed by atoms with Crippen molar-refractivity contribution in [2.75, 3.05) is 23.7 Å². The Bertz CT molecular complexity index is 595. The molecule has 6 nitrogen and oxygen atoms in total. The third-order valence-electron chi connectivity index (χ3n) is 3.88. The van der Waals surface area contributed by atoms with Gasteiger partial charge in [-0.1, -0.05) is 25.7 Å². The van der Waals surface area contributed by atoms with E-state index in [4.69, 9.17) is 25.3 Å². The van der Waals surface area contributed by atoms with Crippen LogP contribution in [0.4, 0.5) is 11.6 Å². The standard InChI is InChI=1S/C18H28N6S2/c1-13-11-15(23-17(25)21-13)19-9-7-5-3-4-6-8-10-20-16-12-14(2)22-18(26)24-16/h11-12H,3-10H2,1-2H3,(H2,19,21,23,25)(H2,20,22,24,26)/p-2. The Kier molecular flexibility index (Phi) is 8.70. The molecule has 2 N–H and O–H groups in total. The van der Waals surface area contributed by atoms with Crippen molar-refractivity contribution in [3.05, 3.63) is 23.5 Å². The van der Waals surface area contributed by atoms with Gasteiger partial charge in [-0.05, 0) is 26.7 Å². The lowest BCUT2D eigenvalue weighted by Crippen LogP contribution is -2.06. The summed E-state index contributed by atoms with van der Waals surface area (Å²) in [6.45, 7) is 5.70. The maximum Gasteiger partial charge on any atom is 0.127 e. The van der Waals surface area contributed by atoms with Gasteiger partial charge in [-0.25, -0.2) is 9.97 Å². The maximum absolute atomic E-state index is 5.02. The summed E-state index contributed by atoms with van der Waals surface area (Å²) in [5.74, 6) is 1.66. The Morgan fingerprint density at radius 2 is 1.04 bits per heavy atom. The molecule has 0 saturated carbocycles. The Morgan fingerprint density at radius 3 is 1.42 bits per heavy atom. The monoisotopic (exact) mass is 390 g/mol. The van der Waals surface area contributed by atoms with Crippen molar-refractivity contribution in [3.8, 4) is 0 Å². The van der Waals surface area contributed by atoms with Gasteiger partial charge < -0.3 is 35.9 Å². The maximum atomic E-state index is 5.02. The molecule has 0 amide bonds. The summed E-state index contributed by atoms with van der Waals surface area (Å²) >= 11 is 10.0. The summed E-state index contributed by atoms with van der Waals surface area (Å²) < 4.78 is 0. The van der Waals surface area contributed by atoms with Crippen molar-refractivity contribution in [1.29, 1.82) is 0 Å². The Balaban J connectivity index is 1.47. The van der Waals surface area contributed by atoms with Crippen LogP contribution in [0.5, 0.6) is 0 Å². The largest absolute Gasteiger partial charge is 0.740 e. The Labute approximate surface area is 166 Å². The summed E-state index contributed by atoms with van der Waals surface area (Å²) in [6.07, 6.45) is 7.20. The molecule has 0 saturated heterocycles. The molecule has 0 radical (unpaired) electrons. The number of hydrogen-bond acceptors (Lipinski definition) is 8. The van der Waals surface area contributed by atoms with E-state index in [1.165, 1.54) is 25.7 Å². The molecule has 0 fully saturated rings. The summed E-state index contributed by atoms with van der Waals surface area (Å²) in [4.78, 5) is 16.6. The zero-order valence-corrected chi connectivity index (χ0v) is 17.0. The highest BCUT2D eigenvalue weighted by atomic mass is 32.1. The van der Waals surface area contributed by atoms with Gasteiger partial charge in [-0.2, -0.15) is 0 Å². The van der Waals surface area contributed by atoms with Crippen LogP contribution >= 0.6 is 0 Å². The van der Waals surface area contributed by atoms with E-state index in [9.17, 15) is 0 Å². The van der Waals surface area contributed by atoms with Crippen molar-refractivity contribution in [1.82, 2.24) is 19.9 Å². The third-order valence-corrected chi connectivity index (χ3v) is 4.25. The fourth-order valence-electron chi connectivity index (χ4n) is 2.65. The van der Waals surface area contributed by atoms with E-state index >= 15 is 0 Å². The number of nitrogens with one attached hydrogen (secondary N) is 2. The zero-order chi connectivity index (χ0) is 18.8. The molecule has 0 aliphatic carbocycles. The Hall–Kier alpha value is -1.80. The highest BCUT2D eigenvalue weighted by Crippen LogP contribution is 2.10. The molecule has 142 valence electrons. The first kappa shape index (κ1) is 20.5. The molecule has 2 heterocycles. The molecule has 26 heavy (non-hydrogen) atoms. The molecule has 0 unspecified atom stereocenters. The predicted molar refractivity (Wildman–Crippen MR) is 109 cm³/mol. The van der Waals surface area contributed by atoms with Crippen molar-refractivity contribution < 1.29 is 0 Å². The van der Waals surface area contributed by atoms with E-state index in [0.29, 0.717) is 10.3 Å². The van der Waals surface area contributed by atoms with Crippen LogP contribution in [0.15, 0.2) is 22.4 Å². The number of aryl methyl sites for hydroxylation is 2. The lowest BCUT2D eigenvalue weighted by atomic mass is 10.1. The summed E-state index contributed by atoms with van der Waals surface area (Å²) in [5, 5.41) is 7.44. The van der Waals surface area contributed by atoms with Gasteiger partial charge in [-0.15, -0.1) is 0 Å². The fourth-order valence-corrected chi connectivity index (χ4v) is 3.14. The van der Waals surface area contributed by atoms with E-state index in [-0.39, 0.29) is 0 Å². The molecule has 0 spiro atoms. The van der Waals surface area contributed by atoms with Crippen LogP contribution in [0, 0.1) is 13.8 Å². The topological polar surface area (TPSA) is 75.6 Å². The second-order valence-electron chi connectivity index (χ2n) is 6.33. The molecule has 0 aliphatic heterocycles. The van der Waals surface area contributed by atoms with E-state index in [1.807, 2.05) is 26.0 Å². The van der Waals surface area contributed by atoms with Crippen LogP contribution in [0.2, 0.25) is 0 Å². The highest BCUT2D eigenvalue weighted by molar-refractivity contribution is 7.58. The van der Waals surface area contributed by atoms with Crippen LogP contribution in [-0.4, -0.2) is 33.0 Å². The average molecular weight is 391 g/mol. The summed E-state index contributed by atoms with van der Waals surface area (Å²) in [6, 6.07) is 3.85. The molecule has 0 aliphatic rings. The van der Waals surface area contributed by atoms with Gasteiger partial charge >= 0.3 is 0 Å². The molecule has 2 aromatic rings. The number of hydrogen-bond donors (Lipinski definition) is 2. The number of unbranched alkanes of at least 4 members (excludes halogenated alkanes) is 5. The molecule has 0 aromatic carbocycles. The molecule has 2 rings (SSSR count). The molecular weight excluding hydrogens is 364 g/mol. The van der Waals surface area contributed by atoms with Gasteiger partial charge in [0.2, 0.25) is 0 Å². The van der Waals surface area contributed by atoms with E-state index in [0.717, 1.165) is 49.0 Å². The van der Waals surface area contributed by atoms with Crippen molar-refractivity contribution in [2.24, 2.45) is 0 Å². The molecule has 0 bridgehead atoms. The second kappa shape index (κ2) is 11.0. The minimum absolute atomic E-state index is 0.405. The minimum atomic E-state index is 0.405. The van der Waals surface area contributed by atoms with E-state index in [1.54, 1.807) is 0 Å². The molecular formula is C18H26N6S2-2. The van der Waals surface area contributed by atoms with Gasteiger partial charge in [0, 0.05) is 46.9 Å². The van der Waals surface area contributed by atoms with E-state index in [2.05, 4.69) is 30.6 Å². The third kappa shape index (κ3) is 8.05. The first-order chi connectivity index (χ1) is 12.5. The van der Waals surface area contributed by atoms with Crippen LogP contribution in [-0.2, 0) is 25.3 Å². The predicted octanol–water partition coefficient (Wildman–Crippen LogP) is 3.56. The summed E-state index contributed by atoms with van der Waals surface area (Å²) in [5.41, 5.74) is 1.81. The first-order valence-corrected chi connectivity index (χ1v) is 9.88. The number of aromatic nitrogens is 4.